The summed E-state index contributed by atoms with van der Waals surface area (Å²) in [6.07, 6.45) is 4.94. The van der Waals surface area contributed by atoms with Gasteiger partial charge < -0.3 is 9.30 Å². The van der Waals surface area contributed by atoms with Crippen LogP contribution in [-0.4, -0.2) is 40.3 Å². The van der Waals surface area contributed by atoms with Gasteiger partial charge >= 0.3 is 0 Å². The van der Waals surface area contributed by atoms with E-state index in [1.807, 2.05) is 0 Å². The lowest BCUT2D eigenvalue weighted by Crippen LogP contribution is -2.54. The van der Waals surface area contributed by atoms with E-state index < -0.39 is 0 Å². The second-order valence-electron chi connectivity index (χ2n) is 5.33. The molecule has 92 valence electrons. The number of aromatic nitrogens is 2. The van der Waals surface area contributed by atoms with Gasteiger partial charge in [0.2, 0.25) is 0 Å². The van der Waals surface area contributed by atoms with Crippen LogP contribution in [0.2, 0.25) is 0 Å². The number of hydrogen-bond donors (Lipinski definition) is 0. The van der Waals surface area contributed by atoms with Gasteiger partial charge in [-0.1, -0.05) is 0 Å². The van der Waals surface area contributed by atoms with Crippen LogP contribution in [0.25, 0.3) is 0 Å². The molecule has 17 heavy (non-hydrogen) atoms. The second-order valence-corrected chi connectivity index (χ2v) is 6.43. The number of fused-ring (bicyclic) bond motifs is 1. The first-order valence-corrected chi connectivity index (χ1v) is 7.47. The zero-order valence-electron chi connectivity index (χ0n) is 9.68. The van der Waals surface area contributed by atoms with Crippen molar-refractivity contribution in [2.45, 2.75) is 31.5 Å². The third-order valence-electron chi connectivity index (χ3n) is 4.16. The lowest BCUT2D eigenvalue weighted by Gasteiger charge is -2.44. The van der Waals surface area contributed by atoms with Crippen molar-refractivity contribution >= 4 is 22.6 Å². The van der Waals surface area contributed by atoms with Crippen molar-refractivity contribution in [1.29, 1.82) is 0 Å². The van der Waals surface area contributed by atoms with E-state index in [2.05, 4.69) is 38.3 Å². The van der Waals surface area contributed by atoms with Gasteiger partial charge in [0, 0.05) is 19.3 Å². The van der Waals surface area contributed by atoms with Gasteiger partial charge in [-0.25, -0.2) is 4.98 Å². The summed E-state index contributed by atoms with van der Waals surface area (Å²) in [7, 11) is 0. The molecule has 1 saturated carbocycles. The molecule has 0 bridgehead atoms. The Morgan fingerprint density at radius 2 is 2.12 bits per heavy atom. The van der Waals surface area contributed by atoms with Crippen LogP contribution in [0.3, 0.4) is 0 Å². The largest absolute Gasteiger partial charge is 0.378 e. The zero-order valence-corrected chi connectivity index (χ0v) is 11.8. The Bertz CT molecular complexity index is 439. The Hall–Kier alpha value is -0.140. The molecule has 2 aliphatic heterocycles. The monoisotopic (exact) mass is 345 g/mol. The van der Waals surface area contributed by atoms with Crippen LogP contribution >= 0.6 is 22.6 Å². The fourth-order valence-corrected chi connectivity index (χ4v) is 3.62. The van der Waals surface area contributed by atoms with E-state index in [-0.39, 0.29) is 0 Å². The molecule has 0 radical (unpaired) electrons. The fraction of sp³-hybridized carbons (Fsp3) is 0.750. The molecule has 4 rings (SSSR count). The highest BCUT2D eigenvalue weighted by atomic mass is 127. The molecule has 1 saturated heterocycles. The van der Waals surface area contributed by atoms with Crippen LogP contribution in [0.15, 0.2) is 6.20 Å². The Morgan fingerprint density at radius 3 is 2.76 bits per heavy atom. The minimum Gasteiger partial charge on any atom is -0.378 e. The Labute approximate surface area is 114 Å². The number of rotatable bonds is 2. The van der Waals surface area contributed by atoms with Gasteiger partial charge in [-0.2, -0.15) is 0 Å². The highest BCUT2D eigenvalue weighted by Gasteiger charge is 2.44. The summed E-state index contributed by atoms with van der Waals surface area (Å²) in [6.45, 7) is 4.09. The van der Waals surface area contributed by atoms with E-state index in [9.17, 15) is 0 Å². The van der Waals surface area contributed by atoms with Crippen molar-refractivity contribution in [3.8, 4) is 0 Å². The molecular formula is C12H16IN3O. The molecule has 1 unspecified atom stereocenters. The maximum absolute atomic E-state index is 5.36. The molecule has 4 nitrogen and oxygen atoms in total. The summed E-state index contributed by atoms with van der Waals surface area (Å²) in [5.41, 5.74) is 0. The molecule has 3 heterocycles. The number of halogens is 1. The average Bonchev–Trinajstić information content (AvgIpc) is 2.97. The molecule has 0 spiro atoms. The normalized spacial score (nSPS) is 30.1. The molecule has 1 aromatic heterocycles. The van der Waals surface area contributed by atoms with E-state index >= 15 is 0 Å². The summed E-state index contributed by atoms with van der Waals surface area (Å²) in [6, 6.07) is 1.20. The topological polar surface area (TPSA) is 30.3 Å². The third kappa shape index (κ3) is 1.74. The highest BCUT2D eigenvalue weighted by Crippen LogP contribution is 2.46. The predicted molar refractivity (Wildman–Crippen MR) is 71.7 cm³/mol. The summed E-state index contributed by atoms with van der Waals surface area (Å²) in [4.78, 5) is 7.40. The molecule has 0 aromatic carbocycles. The van der Waals surface area contributed by atoms with Gasteiger partial charge in [-0.15, -0.1) is 0 Å². The van der Waals surface area contributed by atoms with Crippen LogP contribution < -0.4 is 0 Å². The maximum atomic E-state index is 5.36. The molecule has 0 amide bonds. The van der Waals surface area contributed by atoms with Gasteiger partial charge in [0.25, 0.3) is 0 Å². The molecule has 3 aliphatic rings. The predicted octanol–water partition coefficient (Wildman–Crippen LogP) is 1.65. The molecule has 1 atom stereocenters. The minimum atomic E-state index is 0.557. The summed E-state index contributed by atoms with van der Waals surface area (Å²) < 4.78 is 8.86. The van der Waals surface area contributed by atoms with Gasteiger partial charge in [-0.05, 0) is 41.4 Å². The number of nitrogens with zero attached hydrogens (tertiary/aromatic N) is 3. The van der Waals surface area contributed by atoms with Crippen LogP contribution in [-0.2, 0) is 11.3 Å². The molecular weight excluding hydrogens is 329 g/mol. The summed E-state index contributed by atoms with van der Waals surface area (Å²) in [5, 5.41) is 0. The molecule has 2 fully saturated rings. The second kappa shape index (κ2) is 3.93. The fourth-order valence-electron chi connectivity index (χ4n) is 3.04. The van der Waals surface area contributed by atoms with Crippen molar-refractivity contribution in [2.24, 2.45) is 5.92 Å². The Morgan fingerprint density at radius 1 is 1.29 bits per heavy atom. The summed E-state index contributed by atoms with van der Waals surface area (Å²) in [5.74, 6) is 2.14. The van der Waals surface area contributed by atoms with Gasteiger partial charge in [0.15, 0.2) is 0 Å². The maximum Gasteiger partial charge on any atom is 0.127 e. The van der Waals surface area contributed by atoms with Crippen molar-refractivity contribution in [3.63, 3.8) is 0 Å². The zero-order chi connectivity index (χ0) is 11.4. The van der Waals surface area contributed by atoms with Crippen molar-refractivity contribution < 1.29 is 4.74 Å². The van der Waals surface area contributed by atoms with Gasteiger partial charge in [-0.3, -0.25) is 4.90 Å². The highest BCUT2D eigenvalue weighted by molar-refractivity contribution is 14.1. The van der Waals surface area contributed by atoms with Crippen molar-refractivity contribution in [3.05, 3.63) is 15.7 Å². The first kappa shape index (κ1) is 10.8. The van der Waals surface area contributed by atoms with E-state index in [4.69, 9.17) is 9.72 Å². The van der Waals surface area contributed by atoms with Crippen molar-refractivity contribution in [2.75, 3.05) is 19.8 Å². The minimum absolute atomic E-state index is 0.557. The van der Waals surface area contributed by atoms with E-state index in [0.717, 1.165) is 35.9 Å². The molecule has 5 heteroatoms. The van der Waals surface area contributed by atoms with Crippen LogP contribution in [0, 0.1) is 9.62 Å². The molecule has 0 N–H and O–H groups in total. The number of imidazole rings is 1. The number of ether oxygens (including phenoxy) is 1. The summed E-state index contributed by atoms with van der Waals surface area (Å²) >= 11 is 2.33. The van der Waals surface area contributed by atoms with Crippen molar-refractivity contribution in [1.82, 2.24) is 14.5 Å². The lowest BCUT2D eigenvalue weighted by molar-refractivity contribution is -0.0909. The van der Waals surface area contributed by atoms with Gasteiger partial charge in [0.1, 0.15) is 9.53 Å². The van der Waals surface area contributed by atoms with E-state index in [0.29, 0.717) is 12.1 Å². The van der Waals surface area contributed by atoms with Gasteiger partial charge in [0.05, 0.1) is 25.3 Å². The molecule has 1 aliphatic carbocycles. The van der Waals surface area contributed by atoms with Crippen LogP contribution in [0.4, 0.5) is 0 Å². The Kier molecular flexibility index (Phi) is 2.48. The Balaban J connectivity index is 1.70. The SMILES string of the molecule is Ic1cn2c(n1)C(C1CC1)N(C1COC1)CC2. The smallest absolute Gasteiger partial charge is 0.127 e. The van der Waals surface area contributed by atoms with Crippen LogP contribution in [0.5, 0.6) is 0 Å². The van der Waals surface area contributed by atoms with Crippen LogP contribution in [0.1, 0.15) is 24.7 Å². The lowest BCUT2D eigenvalue weighted by atomic mass is 10.0. The van der Waals surface area contributed by atoms with E-state index in [1.54, 1.807) is 0 Å². The molecule has 1 aromatic rings. The first-order valence-electron chi connectivity index (χ1n) is 6.39. The third-order valence-corrected chi connectivity index (χ3v) is 4.68. The standard InChI is InChI=1S/C12H16IN3O/c13-10-5-15-3-4-16(9-6-17-7-9)11(8-1-2-8)12(15)14-10/h5,8-9,11H,1-4,6-7H2. The first-order chi connectivity index (χ1) is 8.33. The quantitative estimate of drug-likeness (QED) is 0.764. The average molecular weight is 345 g/mol. The van der Waals surface area contributed by atoms with E-state index in [1.165, 1.54) is 18.7 Å². The number of hydrogen-bond acceptors (Lipinski definition) is 3.